The number of pyridine rings is 1. The van der Waals surface area contributed by atoms with Gasteiger partial charge in [-0.05, 0) is 42.5 Å². The summed E-state index contributed by atoms with van der Waals surface area (Å²) in [5.74, 6) is 1.83. The highest BCUT2D eigenvalue weighted by Crippen LogP contribution is 2.33. The van der Waals surface area contributed by atoms with Crippen molar-refractivity contribution in [1.29, 1.82) is 0 Å². The molecule has 164 valence electrons. The van der Waals surface area contributed by atoms with Gasteiger partial charge in [0, 0.05) is 27.6 Å². The van der Waals surface area contributed by atoms with Crippen molar-refractivity contribution in [3.8, 4) is 40.0 Å². The van der Waals surface area contributed by atoms with Crippen molar-refractivity contribution in [1.82, 2.24) is 14.7 Å². The Bertz CT molecular complexity index is 1540. The molecule has 3 aromatic carbocycles. The zero-order valence-corrected chi connectivity index (χ0v) is 18.5. The van der Waals surface area contributed by atoms with Crippen LogP contribution in [0.3, 0.4) is 0 Å². The molecule has 0 bridgehead atoms. The van der Waals surface area contributed by atoms with E-state index in [1.54, 1.807) is 56.8 Å². The maximum absolute atomic E-state index is 13.2. The fourth-order valence-electron chi connectivity index (χ4n) is 3.71. The van der Waals surface area contributed by atoms with Crippen LogP contribution in [0.15, 0.2) is 82.2 Å². The lowest BCUT2D eigenvalue weighted by atomic mass is 10.1. The third kappa shape index (κ3) is 3.72. The van der Waals surface area contributed by atoms with Gasteiger partial charge in [0.2, 0.25) is 5.82 Å². The summed E-state index contributed by atoms with van der Waals surface area (Å²) in [5.41, 5.74) is 1.80. The third-order valence-corrected chi connectivity index (χ3v) is 5.54. The summed E-state index contributed by atoms with van der Waals surface area (Å²) in [6, 6.07) is 19.8. The van der Waals surface area contributed by atoms with Crippen LogP contribution in [-0.2, 0) is 0 Å². The van der Waals surface area contributed by atoms with E-state index < -0.39 is 0 Å². The Kier molecular flexibility index (Phi) is 5.32. The molecule has 5 rings (SSSR count). The van der Waals surface area contributed by atoms with E-state index in [0.29, 0.717) is 49.9 Å². The van der Waals surface area contributed by atoms with Gasteiger partial charge in [-0.25, -0.2) is 0 Å². The maximum atomic E-state index is 13.2. The Balaban J connectivity index is 1.68. The van der Waals surface area contributed by atoms with Crippen LogP contribution >= 0.6 is 11.6 Å². The largest absolute Gasteiger partial charge is 0.493 e. The number of hydrogen-bond donors (Lipinski definition) is 0. The van der Waals surface area contributed by atoms with Crippen molar-refractivity contribution in [2.24, 2.45) is 0 Å². The first kappa shape index (κ1) is 20.8. The molecule has 0 radical (unpaired) electrons. The number of hydrogen-bond acceptors (Lipinski definition) is 6. The number of nitrogens with zero attached hydrogens (tertiary/aromatic N) is 3. The molecule has 0 amide bonds. The minimum Gasteiger partial charge on any atom is -0.493 e. The molecule has 0 aliphatic heterocycles. The second-order valence-corrected chi connectivity index (χ2v) is 7.67. The third-order valence-electron chi connectivity index (χ3n) is 5.31. The van der Waals surface area contributed by atoms with Crippen molar-refractivity contribution < 1.29 is 14.0 Å². The Morgan fingerprint density at radius 2 is 1.70 bits per heavy atom. The summed E-state index contributed by atoms with van der Waals surface area (Å²) in [5, 5.41) is 5.92. The van der Waals surface area contributed by atoms with Gasteiger partial charge in [0.1, 0.15) is 0 Å². The number of halogens is 1. The highest BCUT2D eigenvalue weighted by molar-refractivity contribution is 6.30. The van der Waals surface area contributed by atoms with Crippen LogP contribution < -0.4 is 15.0 Å². The number of rotatable bonds is 5. The molecule has 0 saturated heterocycles. The molecule has 0 spiro atoms. The molecule has 8 heteroatoms. The lowest BCUT2D eigenvalue weighted by Gasteiger charge is -2.10. The first-order valence-electron chi connectivity index (χ1n) is 10.1. The fraction of sp³-hybridized carbons (Fsp3) is 0.0800. The second-order valence-electron chi connectivity index (χ2n) is 7.24. The van der Waals surface area contributed by atoms with Crippen molar-refractivity contribution >= 4 is 22.4 Å². The Morgan fingerprint density at radius 1 is 0.909 bits per heavy atom. The van der Waals surface area contributed by atoms with E-state index in [-0.39, 0.29) is 11.4 Å². The standard InChI is InChI=1S/C25H18ClN3O4/c1-31-21-11-10-15(12-22(21)32-2)23-27-24(33-28-23)20-14-29(17-7-5-6-16(26)13-17)25(30)19-9-4-3-8-18(19)20/h3-14H,1-2H3. The van der Waals surface area contributed by atoms with E-state index in [4.69, 9.17) is 25.6 Å². The summed E-state index contributed by atoms with van der Waals surface area (Å²) < 4.78 is 17.8. The topological polar surface area (TPSA) is 79.4 Å². The highest BCUT2D eigenvalue weighted by Gasteiger charge is 2.18. The number of ether oxygens (including phenoxy) is 2. The van der Waals surface area contributed by atoms with Gasteiger partial charge < -0.3 is 14.0 Å². The van der Waals surface area contributed by atoms with E-state index in [1.165, 1.54) is 4.57 Å². The molecule has 0 fully saturated rings. The van der Waals surface area contributed by atoms with Gasteiger partial charge in [-0.15, -0.1) is 0 Å². The van der Waals surface area contributed by atoms with Crippen LogP contribution in [0.2, 0.25) is 5.02 Å². The van der Waals surface area contributed by atoms with E-state index in [9.17, 15) is 4.79 Å². The van der Waals surface area contributed by atoms with E-state index in [0.717, 1.165) is 0 Å². The van der Waals surface area contributed by atoms with E-state index in [2.05, 4.69) is 10.1 Å². The second kappa shape index (κ2) is 8.44. The number of methoxy groups -OCH3 is 2. The van der Waals surface area contributed by atoms with Crippen LogP contribution in [0.4, 0.5) is 0 Å². The van der Waals surface area contributed by atoms with Gasteiger partial charge >= 0.3 is 0 Å². The summed E-state index contributed by atoms with van der Waals surface area (Å²) in [7, 11) is 3.14. The minimum atomic E-state index is -0.170. The maximum Gasteiger partial charge on any atom is 0.262 e. The van der Waals surface area contributed by atoms with Gasteiger partial charge in [0.25, 0.3) is 11.4 Å². The molecule has 33 heavy (non-hydrogen) atoms. The predicted molar refractivity (Wildman–Crippen MR) is 126 cm³/mol. The summed E-state index contributed by atoms with van der Waals surface area (Å²) in [6.07, 6.45) is 1.70. The van der Waals surface area contributed by atoms with Gasteiger partial charge in [0.15, 0.2) is 11.5 Å². The Hall–Kier alpha value is -4.10. The quantitative estimate of drug-likeness (QED) is 0.351. The highest BCUT2D eigenvalue weighted by atomic mass is 35.5. The first-order valence-corrected chi connectivity index (χ1v) is 10.4. The zero-order valence-electron chi connectivity index (χ0n) is 17.8. The van der Waals surface area contributed by atoms with Crippen molar-refractivity contribution in [3.63, 3.8) is 0 Å². The number of fused-ring (bicyclic) bond motifs is 1. The smallest absolute Gasteiger partial charge is 0.262 e. The van der Waals surface area contributed by atoms with Gasteiger partial charge in [-0.1, -0.05) is 41.0 Å². The minimum absolute atomic E-state index is 0.170. The SMILES string of the molecule is COc1ccc(-c2noc(-c3cn(-c4cccc(Cl)c4)c(=O)c4ccccc34)n2)cc1OC. The lowest BCUT2D eigenvalue weighted by molar-refractivity contribution is 0.355. The molecule has 7 nitrogen and oxygen atoms in total. The number of aromatic nitrogens is 3. The summed E-state index contributed by atoms with van der Waals surface area (Å²) in [6.45, 7) is 0. The molecule has 5 aromatic rings. The van der Waals surface area contributed by atoms with Crippen LogP contribution in [0.5, 0.6) is 11.5 Å². The van der Waals surface area contributed by atoms with Crippen LogP contribution in [0.1, 0.15) is 0 Å². The van der Waals surface area contributed by atoms with Crippen LogP contribution in [-0.4, -0.2) is 28.9 Å². The van der Waals surface area contributed by atoms with Gasteiger partial charge in [0.05, 0.1) is 25.5 Å². The van der Waals surface area contributed by atoms with E-state index in [1.807, 2.05) is 30.3 Å². The van der Waals surface area contributed by atoms with Crippen LogP contribution in [0.25, 0.3) is 39.3 Å². The fourth-order valence-corrected chi connectivity index (χ4v) is 3.89. The summed E-state index contributed by atoms with van der Waals surface area (Å²) in [4.78, 5) is 17.8. The average molecular weight is 460 g/mol. The molecule has 0 aliphatic rings. The molecule has 0 aliphatic carbocycles. The summed E-state index contributed by atoms with van der Waals surface area (Å²) >= 11 is 6.16. The zero-order chi connectivity index (χ0) is 22.9. The molecular weight excluding hydrogens is 442 g/mol. The van der Waals surface area contributed by atoms with Gasteiger partial charge in [-0.2, -0.15) is 4.98 Å². The molecule has 0 saturated carbocycles. The predicted octanol–water partition coefficient (Wildman–Crippen LogP) is 5.38. The Morgan fingerprint density at radius 3 is 2.45 bits per heavy atom. The molecule has 0 atom stereocenters. The molecule has 2 aromatic heterocycles. The van der Waals surface area contributed by atoms with Crippen molar-refractivity contribution in [2.75, 3.05) is 14.2 Å². The Labute approximate surface area is 193 Å². The normalized spacial score (nSPS) is 11.0. The number of benzene rings is 3. The first-order chi connectivity index (χ1) is 16.1. The van der Waals surface area contributed by atoms with E-state index >= 15 is 0 Å². The molecule has 0 N–H and O–H groups in total. The average Bonchev–Trinajstić information content (AvgIpc) is 3.34. The van der Waals surface area contributed by atoms with Crippen LogP contribution in [0, 0.1) is 0 Å². The monoisotopic (exact) mass is 459 g/mol. The van der Waals surface area contributed by atoms with Crippen molar-refractivity contribution in [3.05, 3.63) is 88.3 Å². The molecule has 0 unspecified atom stereocenters. The lowest BCUT2D eigenvalue weighted by Crippen LogP contribution is -2.18. The molecular formula is C25H18ClN3O4. The van der Waals surface area contributed by atoms with Crippen molar-refractivity contribution in [2.45, 2.75) is 0 Å². The van der Waals surface area contributed by atoms with Gasteiger partial charge in [-0.3, -0.25) is 9.36 Å². The molecule has 2 heterocycles.